The second-order valence-corrected chi connectivity index (χ2v) is 5.93. The largest absolute Gasteiger partial charge is 0.328 e. The molecule has 0 amide bonds. The van der Waals surface area contributed by atoms with Gasteiger partial charge in [-0.1, -0.05) is 72.8 Å². The van der Waals surface area contributed by atoms with Crippen LogP contribution in [-0.4, -0.2) is 14.7 Å². The molecule has 0 heterocycles. The summed E-state index contributed by atoms with van der Waals surface area (Å²) in [6.07, 6.45) is 0. The van der Waals surface area contributed by atoms with Gasteiger partial charge in [0, 0.05) is 0 Å². The quantitative estimate of drug-likeness (QED) is 0.435. The van der Waals surface area contributed by atoms with Crippen LogP contribution >= 0.6 is 8.60 Å². The van der Waals surface area contributed by atoms with Crippen molar-refractivity contribution in [1.82, 2.24) is 0 Å². The molecule has 0 aliphatic heterocycles. The Bertz CT molecular complexity index is 887. The number of fused-ring (bicyclic) bond motifs is 2. The summed E-state index contributed by atoms with van der Waals surface area (Å²) in [6.45, 7) is 0. The molecule has 0 aliphatic rings. The SMILES string of the molecule is OP(O)O.c1ccc2cc(-c3ccc4ccccc4c3)ccc2c1. The minimum absolute atomic E-state index is 1.27. The van der Waals surface area contributed by atoms with Gasteiger partial charge in [-0.25, -0.2) is 0 Å². The molecule has 4 heteroatoms. The smallest absolute Gasteiger partial charge is 0.324 e. The Morgan fingerprint density at radius 1 is 0.458 bits per heavy atom. The van der Waals surface area contributed by atoms with Crippen molar-refractivity contribution in [3.8, 4) is 11.1 Å². The molecule has 4 aromatic carbocycles. The fraction of sp³-hybridized carbons (Fsp3) is 0. The highest BCUT2D eigenvalue weighted by Crippen LogP contribution is 2.27. The van der Waals surface area contributed by atoms with Crippen LogP contribution in [0.4, 0.5) is 0 Å². The summed E-state index contributed by atoms with van der Waals surface area (Å²) in [4.78, 5) is 21.7. The van der Waals surface area contributed by atoms with Crippen LogP contribution in [0.1, 0.15) is 0 Å². The van der Waals surface area contributed by atoms with E-state index in [1.807, 2.05) is 0 Å². The Balaban J connectivity index is 0.000000383. The average molecular weight is 336 g/mol. The second kappa shape index (κ2) is 7.52. The normalized spacial score (nSPS) is 10.7. The summed E-state index contributed by atoms with van der Waals surface area (Å²) in [6, 6.07) is 30.3. The van der Waals surface area contributed by atoms with E-state index in [4.69, 9.17) is 14.7 Å². The Labute approximate surface area is 141 Å². The standard InChI is InChI=1S/C20H14.H3O3P/c1-3-7-17-13-19(11-9-15(17)5-1)20-12-10-16-6-2-4-8-18(16)14-20;1-4(2)3/h1-14H;1-3H. The van der Waals surface area contributed by atoms with E-state index < -0.39 is 8.60 Å². The molecular weight excluding hydrogens is 319 g/mol. The Morgan fingerprint density at radius 2 is 0.792 bits per heavy atom. The van der Waals surface area contributed by atoms with Crippen LogP contribution in [0.5, 0.6) is 0 Å². The number of rotatable bonds is 1. The van der Waals surface area contributed by atoms with Gasteiger partial charge in [-0.3, -0.25) is 0 Å². The maximum Gasteiger partial charge on any atom is 0.324 e. The van der Waals surface area contributed by atoms with Crippen LogP contribution < -0.4 is 0 Å². The molecule has 0 saturated heterocycles. The van der Waals surface area contributed by atoms with Gasteiger partial charge in [0.1, 0.15) is 0 Å². The van der Waals surface area contributed by atoms with Crippen LogP contribution in [-0.2, 0) is 0 Å². The third-order valence-electron chi connectivity index (χ3n) is 3.83. The molecular formula is C20H17O3P. The zero-order valence-corrected chi connectivity index (χ0v) is 13.8. The Hall–Kier alpha value is -2.29. The molecule has 120 valence electrons. The molecule has 0 radical (unpaired) electrons. The van der Waals surface area contributed by atoms with Crippen molar-refractivity contribution in [2.75, 3.05) is 0 Å². The maximum atomic E-state index is 7.23. The fourth-order valence-electron chi connectivity index (χ4n) is 2.74. The van der Waals surface area contributed by atoms with Crippen molar-refractivity contribution in [3.63, 3.8) is 0 Å². The molecule has 0 saturated carbocycles. The summed E-state index contributed by atoms with van der Waals surface area (Å²) in [5, 5.41) is 5.16. The lowest BCUT2D eigenvalue weighted by atomic mass is 9.99. The minimum atomic E-state index is -2.62. The Morgan fingerprint density at radius 3 is 1.17 bits per heavy atom. The van der Waals surface area contributed by atoms with E-state index in [2.05, 4.69) is 84.9 Å². The lowest BCUT2D eigenvalue weighted by molar-refractivity contribution is 0.368. The van der Waals surface area contributed by atoms with Crippen LogP contribution in [0, 0.1) is 0 Å². The highest BCUT2D eigenvalue weighted by Gasteiger charge is 2.01. The first-order chi connectivity index (χ1) is 11.6. The predicted octanol–water partition coefficient (Wildman–Crippen LogP) is 4.85. The van der Waals surface area contributed by atoms with Crippen LogP contribution in [0.3, 0.4) is 0 Å². The van der Waals surface area contributed by atoms with E-state index in [1.54, 1.807) is 0 Å². The van der Waals surface area contributed by atoms with E-state index in [9.17, 15) is 0 Å². The molecule has 0 aromatic heterocycles. The first-order valence-corrected chi connectivity index (χ1v) is 8.68. The van der Waals surface area contributed by atoms with Crippen molar-refractivity contribution in [2.45, 2.75) is 0 Å². The lowest BCUT2D eigenvalue weighted by Crippen LogP contribution is -1.80. The average Bonchev–Trinajstić information content (AvgIpc) is 2.60. The van der Waals surface area contributed by atoms with Gasteiger partial charge in [-0.05, 0) is 44.8 Å². The van der Waals surface area contributed by atoms with Gasteiger partial charge in [-0.2, -0.15) is 0 Å². The van der Waals surface area contributed by atoms with Crippen molar-refractivity contribution in [3.05, 3.63) is 84.9 Å². The summed E-state index contributed by atoms with van der Waals surface area (Å²) in [7, 11) is -2.62. The van der Waals surface area contributed by atoms with E-state index in [0.29, 0.717) is 0 Å². The van der Waals surface area contributed by atoms with Crippen molar-refractivity contribution >= 4 is 30.1 Å². The van der Waals surface area contributed by atoms with Crippen LogP contribution in [0.2, 0.25) is 0 Å². The first kappa shape index (κ1) is 16.6. The number of hydrogen-bond acceptors (Lipinski definition) is 3. The summed E-state index contributed by atoms with van der Waals surface area (Å²) in [5.41, 5.74) is 2.55. The van der Waals surface area contributed by atoms with Crippen LogP contribution in [0.15, 0.2) is 84.9 Å². The van der Waals surface area contributed by atoms with Crippen molar-refractivity contribution < 1.29 is 14.7 Å². The van der Waals surface area contributed by atoms with Crippen LogP contribution in [0.25, 0.3) is 32.7 Å². The molecule has 0 atom stereocenters. The monoisotopic (exact) mass is 336 g/mol. The van der Waals surface area contributed by atoms with Gasteiger partial charge in [0.25, 0.3) is 0 Å². The van der Waals surface area contributed by atoms with Gasteiger partial charge in [-0.15, -0.1) is 0 Å². The fourth-order valence-corrected chi connectivity index (χ4v) is 2.74. The minimum Gasteiger partial charge on any atom is -0.328 e. The van der Waals surface area contributed by atoms with Gasteiger partial charge < -0.3 is 14.7 Å². The summed E-state index contributed by atoms with van der Waals surface area (Å²) >= 11 is 0. The predicted molar refractivity (Wildman–Crippen MR) is 100 cm³/mol. The zero-order chi connectivity index (χ0) is 16.9. The van der Waals surface area contributed by atoms with Gasteiger partial charge >= 0.3 is 8.60 Å². The third-order valence-corrected chi connectivity index (χ3v) is 3.83. The molecule has 4 aromatic rings. The molecule has 0 unspecified atom stereocenters. The molecule has 3 nitrogen and oxygen atoms in total. The van der Waals surface area contributed by atoms with Gasteiger partial charge in [0.15, 0.2) is 0 Å². The number of benzene rings is 4. The first-order valence-electron chi connectivity index (χ1n) is 7.48. The molecule has 0 aliphatic carbocycles. The lowest BCUT2D eigenvalue weighted by Gasteiger charge is -2.06. The van der Waals surface area contributed by atoms with E-state index >= 15 is 0 Å². The van der Waals surface area contributed by atoms with Crippen molar-refractivity contribution in [2.24, 2.45) is 0 Å². The molecule has 24 heavy (non-hydrogen) atoms. The highest BCUT2D eigenvalue weighted by atomic mass is 31.2. The third kappa shape index (κ3) is 3.97. The Kier molecular flexibility index (Phi) is 5.19. The van der Waals surface area contributed by atoms with Gasteiger partial charge in [0.05, 0.1) is 0 Å². The number of hydrogen-bond donors (Lipinski definition) is 3. The van der Waals surface area contributed by atoms with Crippen molar-refractivity contribution in [1.29, 1.82) is 0 Å². The molecule has 0 bridgehead atoms. The van der Waals surface area contributed by atoms with E-state index in [0.717, 1.165) is 0 Å². The molecule has 4 rings (SSSR count). The maximum absolute atomic E-state index is 7.23. The topological polar surface area (TPSA) is 60.7 Å². The highest BCUT2D eigenvalue weighted by molar-refractivity contribution is 7.38. The second-order valence-electron chi connectivity index (χ2n) is 5.39. The zero-order valence-electron chi connectivity index (χ0n) is 12.9. The molecule has 3 N–H and O–H groups in total. The van der Waals surface area contributed by atoms with Gasteiger partial charge in [0.2, 0.25) is 0 Å². The molecule has 0 spiro atoms. The van der Waals surface area contributed by atoms with E-state index in [-0.39, 0.29) is 0 Å². The summed E-state index contributed by atoms with van der Waals surface area (Å²) < 4.78 is 0. The van der Waals surface area contributed by atoms with E-state index in [1.165, 1.54) is 32.7 Å². The molecule has 0 fully saturated rings. The summed E-state index contributed by atoms with van der Waals surface area (Å²) in [5.74, 6) is 0.